The summed E-state index contributed by atoms with van der Waals surface area (Å²) in [6.07, 6.45) is 0. The molecule has 0 N–H and O–H groups in total. The Hall–Kier alpha value is -1.81. The van der Waals surface area contributed by atoms with E-state index in [0.29, 0.717) is 0 Å². The minimum absolute atomic E-state index is 0.00801. The topological polar surface area (TPSA) is 23.8 Å². The number of fused-ring (bicyclic) bond motifs is 1. The number of nitriles is 1. The van der Waals surface area contributed by atoms with Crippen LogP contribution in [0.1, 0.15) is 31.9 Å². The maximum atomic E-state index is 9.19. The molecular weight excluding hydrogens is 194 g/mol. The normalized spacial score (nSPS) is 11.4. The summed E-state index contributed by atoms with van der Waals surface area (Å²) < 4.78 is 0. The molecule has 2 rings (SSSR count). The average Bonchev–Trinajstić information content (AvgIpc) is 2.26. The standard InChI is InChI=1S/C15H15N/c1-15(2,3)14-12(10-16)9-8-11-6-4-5-7-13(11)14/h4-9H,1-3H3. The van der Waals surface area contributed by atoms with Crippen LogP contribution in [0.25, 0.3) is 10.8 Å². The zero-order valence-electron chi connectivity index (χ0n) is 9.91. The zero-order chi connectivity index (χ0) is 11.8. The third-order valence-electron chi connectivity index (χ3n) is 2.80. The lowest BCUT2D eigenvalue weighted by Crippen LogP contribution is -2.14. The maximum Gasteiger partial charge on any atom is 0.0994 e. The molecule has 2 aromatic carbocycles. The number of hydrogen-bond donors (Lipinski definition) is 0. The Morgan fingerprint density at radius 3 is 2.31 bits per heavy atom. The van der Waals surface area contributed by atoms with Gasteiger partial charge in [0.1, 0.15) is 0 Å². The first kappa shape index (κ1) is 10.7. The van der Waals surface area contributed by atoms with Gasteiger partial charge in [0.15, 0.2) is 0 Å². The minimum Gasteiger partial charge on any atom is -0.192 e. The van der Waals surface area contributed by atoms with E-state index in [1.165, 1.54) is 10.8 Å². The van der Waals surface area contributed by atoms with Crippen molar-refractivity contribution in [3.8, 4) is 6.07 Å². The van der Waals surface area contributed by atoms with Gasteiger partial charge in [-0.3, -0.25) is 0 Å². The lowest BCUT2D eigenvalue weighted by atomic mass is 9.81. The summed E-state index contributed by atoms with van der Waals surface area (Å²) in [6, 6.07) is 14.5. The Labute approximate surface area is 96.3 Å². The van der Waals surface area contributed by atoms with Gasteiger partial charge >= 0.3 is 0 Å². The predicted molar refractivity (Wildman–Crippen MR) is 67.4 cm³/mol. The molecule has 0 atom stereocenters. The smallest absolute Gasteiger partial charge is 0.0994 e. The highest BCUT2D eigenvalue weighted by Crippen LogP contribution is 2.32. The van der Waals surface area contributed by atoms with Crippen LogP contribution in [0.5, 0.6) is 0 Å². The highest BCUT2D eigenvalue weighted by Gasteiger charge is 2.20. The second-order valence-electron chi connectivity index (χ2n) is 5.07. The molecule has 1 heteroatoms. The van der Waals surface area contributed by atoms with E-state index >= 15 is 0 Å². The van der Waals surface area contributed by atoms with Crippen molar-refractivity contribution in [1.29, 1.82) is 5.26 Å². The Morgan fingerprint density at radius 1 is 1.00 bits per heavy atom. The molecule has 0 unspecified atom stereocenters. The largest absolute Gasteiger partial charge is 0.192 e. The second kappa shape index (κ2) is 3.64. The molecule has 80 valence electrons. The summed E-state index contributed by atoms with van der Waals surface area (Å²) in [5.41, 5.74) is 1.92. The van der Waals surface area contributed by atoms with Crippen LogP contribution in [0.15, 0.2) is 36.4 Å². The summed E-state index contributed by atoms with van der Waals surface area (Å²) >= 11 is 0. The fourth-order valence-electron chi connectivity index (χ4n) is 2.17. The van der Waals surface area contributed by atoms with Gasteiger partial charge in [0, 0.05) is 0 Å². The summed E-state index contributed by atoms with van der Waals surface area (Å²) in [4.78, 5) is 0. The van der Waals surface area contributed by atoms with Gasteiger partial charge in [-0.2, -0.15) is 5.26 Å². The van der Waals surface area contributed by atoms with Crippen molar-refractivity contribution in [2.75, 3.05) is 0 Å². The molecule has 0 fully saturated rings. The van der Waals surface area contributed by atoms with Crippen molar-refractivity contribution in [3.63, 3.8) is 0 Å². The SMILES string of the molecule is CC(C)(C)c1c(C#N)ccc2ccccc12. The van der Waals surface area contributed by atoms with Crippen LogP contribution >= 0.6 is 0 Å². The third kappa shape index (κ3) is 1.67. The molecule has 16 heavy (non-hydrogen) atoms. The van der Waals surface area contributed by atoms with Crippen LogP contribution in [-0.4, -0.2) is 0 Å². The Morgan fingerprint density at radius 2 is 1.69 bits per heavy atom. The number of nitrogens with zero attached hydrogens (tertiary/aromatic N) is 1. The van der Waals surface area contributed by atoms with Crippen LogP contribution in [0.3, 0.4) is 0 Å². The van der Waals surface area contributed by atoms with Crippen molar-refractivity contribution >= 4 is 10.8 Å². The third-order valence-corrected chi connectivity index (χ3v) is 2.80. The molecule has 2 aromatic rings. The van der Waals surface area contributed by atoms with E-state index in [4.69, 9.17) is 0 Å². The van der Waals surface area contributed by atoms with Gasteiger partial charge in [-0.1, -0.05) is 51.1 Å². The molecule has 0 saturated carbocycles. The molecular formula is C15H15N. The fourth-order valence-corrected chi connectivity index (χ4v) is 2.17. The molecule has 0 aliphatic carbocycles. The summed E-state index contributed by atoms with van der Waals surface area (Å²) in [6.45, 7) is 6.45. The van der Waals surface area contributed by atoms with Crippen LogP contribution in [0.2, 0.25) is 0 Å². The van der Waals surface area contributed by atoms with E-state index in [0.717, 1.165) is 11.1 Å². The van der Waals surface area contributed by atoms with Gasteiger partial charge in [0.2, 0.25) is 0 Å². The first-order valence-corrected chi connectivity index (χ1v) is 5.46. The van der Waals surface area contributed by atoms with E-state index in [1.54, 1.807) is 0 Å². The Balaban J connectivity index is 2.91. The quantitative estimate of drug-likeness (QED) is 0.643. The van der Waals surface area contributed by atoms with Gasteiger partial charge in [-0.25, -0.2) is 0 Å². The average molecular weight is 209 g/mol. The van der Waals surface area contributed by atoms with Crippen molar-refractivity contribution in [2.24, 2.45) is 0 Å². The highest BCUT2D eigenvalue weighted by atomic mass is 14.3. The van der Waals surface area contributed by atoms with Crippen molar-refractivity contribution in [3.05, 3.63) is 47.5 Å². The molecule has 1 nitrogen and oxygen atoms in total. The van der Waals surface area contributed by atoms with Crippen molar-refractivity contribution in [2.45, 2.75) is 26.2 Å². The Bertz CT molecular complexity index is 568. The van der Waals surface area contributed by atoms with Crippen LogP contribution in [-0.2, 0) is 5.41 Å². The molecule has 0 aliphatic rings. The highest BCUT2D eigenvalue weighted by molar-refractivity contribution is 5.88. The molecule has 0 bridgehead atoms. The molecule has 0 spiro atoms. The first-order chi connectivity index (χ1) is 7.54. The van der Waals surface area contributed by atoms with Gasteiger partial charge in [-0.15, -0.1) is 0 Å². The molecule has 0 amide bonds. The molecule has 0 aromatic heterocycles. The lowest BCUT2D eigenvalue weighted by Gasteiger charge is -2.22. The molecule has 0 radical (unpaired) electrons. The minimum atomic E-state index is -0.00801. The van der Waals surface area contributed by atoms with Crippen molar-refractivity contribution < 1.29 is 0 Å². The van der Waals surface area contributed by atoms with E-state index < -0.39 is 0 Å². The monoisotopic (exact) mass is 209 g/mol. The van der Waals surface area contributed by atoms with E-state index in [-0.39, 0.29) is 5.41 Å². The van der Waals surface area contributed by atoms with E-state index in [2.05, 4.69) is 39.0 Å². The van der Waals surface area contributed by atoms with Crippen LogP contribution < -0.4 is 0 Å². The van der Waals surface area contributed by atoms with E-state index in [9.17, 15) is 5.26 Å². The summed E-state index contributed by atoms with van der Waals surface area (Å²) in [5.74, 6) is 0. The number of hydrogen-bond acceptors (Lipinski definition) is 1. The predicted octanol–water partition coefficient (Wildman–Crippen LogP) is 4.01. The Kier molecular flexibility index (Phi) is 2.44. The maximum absolute atomic E-state index is 9.19. The zero-order valence-corrected chi connectivity index (χ0v) is 9.91. The first-order valence-electron chi connectivity index (χ1n) is 5.46. The lowest BCUT2D eigenvalue weighted by molar-refractivity contribution is 0.594. The molecule has 0 saturated heterocycles. The second-order valence-corrected chi connectivity index (χ2v) is 5.07. The van der Waals surface area contributed by atoms with Gasteiger partial charge < -0.3 is 0 Å². The van der Waals surface area contributed by atoms with E-state index in [1.807, 2.05) is 24.3 Å². The van der Waals surface area contributed by atoms with Gasteiger partial charge in [0.05, 0.1) is 11.6 Å². The number of benzene rings is 2. The molecule has 0 heterocycles. The van der Waals surface area contributed by atoms with Gasteiger partial charge in [0.25, 0.3) is 0 Å². The van der Waals surface area contributed by atoms with Crippen LogP contribution in [0.4, 0.5) is 0 Å². The molecule has 0 aliphatic heterocycles. The number of rotatable bonds is 0. The van der Waals surface area contributed by atoms with Gasteiger partial charge in [-0.05, 0) is 27.8 Å². The van der Waals surface area contributed by atoms with Crippen LogP contribution in [0, 0.1) is 11.3 Å². The van der Waals surface area contributed by atoms with Crippen molar-refractivity contribution in [1.82, 2.24) is 0 Å². The summed E-state index contributed by atoms with van der Waals surface area (Å²) in [7, 11) is 0. The summed E-state index contributed by atoms with van der Waals surface area (Å²) in [5, 5.41) is 11.6. The fraction of sp³-hybridized carbons (Fsp3) is 0.267.